The van der Waals surface area contributed by atoms with E-state index in [0.29, 0.717) is 17.9 Å². The highest BCUT2D eigenvalue weighted by Crippen LogP contribution is 2.24. The van der Waals surface area contributed by atoms with Gasteiger partial charge in [0.05, 0.1) is 32.0 Å². The minimum atomic E-state index is -1.08. The second-order valence-corrected chi connectivity index (χ2v) is 6.82. The molecule has 0 bridgehead atoms. The van der Waals surface area contributed by atoms with E-state index in [4.69, 9.17) is 4.74 Å². The molecule has 0 saturated carbocycles. The molecule has 0 radical (unpaired) electrons. The molecule has 1 atom stereocenters. The molecule has 27 heavy (non-hydrogen) atoms. The van der Waals surface area contributed by atoms with E-state index in [0.717, 1.165) is 43.3 Å². The summed E-state index contributed by atoms with van der Waals surface area (Å²) in [7, 11) is 0. The number of nitrogens with one attached hydrogen (secondary N) is 2. The average molecular weight is 373 g/mol. The number of quaternary nitrogens is 1. The predicted molar refractivity (Wildman–Crippen MR) is 100 cm³/mol. The van der Waals surface area contributed by atoms with Crippen molar-refractivity contribution >= 4 is 29.2 Å². The van der Waals surface area contributed by atoms with Crippen molar-refractivity contribution in [2.75, 3.05) is 44.3 Å². The number of hydrogen-bond acceptors (Lipinski definition) is 5. The van der Waals surface area contributed by atoms with Crippen molar-refractivity contribution in [3.05, 3.63) is 29.8 Å². The highest BCUT2D eigenvalue weighted by atomic mass is 16.5. The molecule has 0 unspecified atom stereocenters. The summed E-state index contributed by atoms with van der Waals surface area (Å²) in [5.41, 5.74) is 1.68. The summed E-state index contributed by atoms with van der Waals surface area (Å²) >= 11 is 0. The molecule has 4 amide bonds. The first-order valence-electron chi connectivity index (χ1n) is 9.15. The van der Waals surface area contributed by atoms with E-state index < -0.39 is 23.8 Å². The Labute approximate surface area is 158 Å². The van der Waals surface area contributed by atoms with Gasteiger partial charge in [-0.05, 0) is 25.5 Å². The highest BCUT2D eigenvalue weighted by molar-refractivity contribution is 6.35. The van der Waals surface area contributed by atoms with Gasteiger partial charge >= 0.3 is 6.03 Å². The van der Waals surface area contributed by atoms with Gasteiger partial charge in [0.1, 0.15) is 13.1 Å². The number of hydrogen-bond donors (Lipinski definition) is 2. The van der Waals surface area contributed by atoms with Crippen LogP contribution in [0, 0.1) is 12.8 Å². The van der Waals surface area contributed by atoms with Crippen molar-refractivity contribution in [2.24, 2.45) is 10.9 Å². The number of morpholine rings is 1. The number of urea groups is 1. The molecular weight excluding hydrogens is 348 g/mol. The van der Waals surface area contributed by atoms with Crippen LogP contribution in [0.1, 0.15) is 12.5 Å². The Morgan fingerprint density at radius 2 is 1.96 bits per heavy atom. The van der Waals surface area contributed by atoms with Crippen LogP contribution in [0.5, 0.6) is 0 Å². The zero-order valence-corrected chi connectivity index (χ0v) is 15.7. The predicted octanol–water partition coefficient (Wildman–Crippen LogP) is -0.430. The summed E-state index contributed by atoms with van der Waals surface area (Å²) in [6, 6.07) is 6.36. The third kappa shape index (κ3) is 4.23. The number of rotatable bonds is 5. The van der Waals surface area contributed by atoms with Gasteiger partial charge in [0, 0.05) is 5.71 Å². The van der Waals surface area contributed by atoms with Crippen LogP contribution in [0.2, 0.25) is 0 Å². The molecule has 3 rings (SSSR count). The standard InChI is InChI=1S/C19H24N4O4/c1-13-5-3-4-6-15(13)23-18(25)16(17(24)21-19(23)26)14(2)20-7-8-22-9-11-27-12-10-22/h3-6,16H,7-12H2,1-2H3,(H,21,24,26)/p+1/t16-/m1/s1. The maximum Gasteiger partial charge on any atom is 0.335 e. The molecule has 8 nitrogen and oxygen atoms in total. The van der Waals surface area contributed by atoms with E-state index in [-0.39, 0.29) is 0 Å². The van der Waals surface area contributed by atoms with Crippen molar-refractivity contribution in [3.8, 4) is 0 Å². The van der Waals surface area contributed by atoms with Crippen molar-refractivity contribution < 1.29 is 24.0 Å². The number of carbonyl (C=O) groups excluding carboxylic acids is 3. The van der Waals surface area contributed by atoms with Gasteiger partial charge in [-0.25, -0.2) is 9.69 Å². The molecule has 2 aliphatic rings. The van der Waals surface area contributed by atoms with E-state index in [1.165, 1.54) is 4.90 Å². The van der Waals surface area contributed by atoms with Gasteiger partial charge in [-0.1, -0.05) is 18.2 Å². The van der Waals surface area contributed by atoms with Gasteiger partial charge in [-0.3, -0.25) is 19.9 Å². The van der Waals surface area contributed by atoms with E-state index in [1.54, 1.807) is 19.1 Å². The number of aryl methyl sites for hydroxylation is 1. The number of aliphatic imine (C=N–C) groups is 1. The summed E-state index contributed by atoms with van der Waals surface area (Å²) in [6.07, 6.45) is 0. The van der Waals surface area contributed by atoms with Gasteiger partial charge in [-0.15, -0.1) is 0 Å². The summed E-state index contributed by atoms with van der Waals surface area (Å²) in [4.78, 5) is 44.4. The van der Waals surface area contributed by atoms with Crippen LogP contribution >= 0.6 is 0 Å². The highest BCUT2D eigenvalue weighted by Gasteiger charge is 2.43. The Bertz CT molecular complexity index is 771. The fraction of sp³-hybridized carbons (Fsp3) is 0.474. The van der Waals surface area contributed by atoms with Crippen LogP contribution in [0.4, 0.5) is 10.5 Å². The summed E-state index contributed by atoms with van der Waals surface area (Å²) in [5.74, 6) is -2.25. The third-order valence-electron chi connectivity index (χ3n) is 4.96. The number of anilines is 1. The average Bonchev–Trinajstić information content (AvgIpc) is 2.64. The first kappa shape index (κ1) is 19.2. The summed E-state index contributed by atoms with van der Waals surface area (Å²) < 4.78 is 5.33. The lowest BCUT2D eigenvalue weighted by Crippen LogP contribution is -3.14. The largest absolute Gasteiger partial charge is 0.370 e. The number of benzene rings is 1. The lowest BCUT2D eigenvalue weighted by atomic mass is 9.98. The summed E-state index contributed by atoms with van der Waals surface area (Å²) in [5, 5.41) is 2.28. The molecule has 1 aromatic carbocycles. The van der Waals surface area contributed by atoms with Crippen molar-refractivity contribution in [2.45, 2.75) is 13.8 Å². The number of amides is 4. The number of nitrogens with zero attached hydrogens (tertiary/aromatic N) is 2. The Kier molecular flexibility index (Phi) is 5.98. The normalized spacial score (nSPS) is 22.1. The molecule has 0 spiro atoms. The van der Waals surface area contributed by atoms with Crippen molar-refractivity contribution in [1.82, 2.24) is 5.32 Å². The second-order valence-electron chi connectivity index (χ2n) is 6.82. The zero-order chi connectivity index (χ0) is 19.4. The fourth-order valence-electron chi connectivity index (χ4n) is 3.38. The molecule has 2 fully saturated rings. The first-order valence-corrected chi connectivity index (χ1v) is 9.15. The maximum absolute atomic E-state index is 12.9. The smallest absolute Gasteiger partial charge is 0.335 e. The van der Waals surface area contributed by atoms with Gasteiger partial charge in [0.25, 0.3) is 5.91 Å². The van der Waals surface area contributed by atoms with Gasteiger partial charge in [0.2, 0.25) is 5.91 Å². The third-order valence-corrected chi connectivity index (χ3v) is 4.96. The number of ether oxygens (including phenoxy) is 1. The number of para-hydroxylation sites is 1. The van der Waals surface area contributed by atoms with Crippen LogP contribution in [0.25, 0.3) is 0 Å². The topological polar surface area (TPSA) is 92.5 Å². The molecule has 2 saturated heterocycles. The van der Waals surface area contributed by atoms with Crippen LogP contribution < -0.4 is 15.1 Å². The monoisotopic (exact) mass is 373 g/mol. The first-order chi connectivity index (χ1) is 13.0. The van der Waals surface area contributed by atoms with E-state index in [9.17, 15) is 14.4 Å². The van der Waals surface area contributed by atoms with Crippen LogP contribution in [-0.4, -0.2) is 62.9 Å². The SMILES string of the molecule is CC(=NCC[NH+]1CCOCC1)[C@@H]1C(=O)NC(=O)N(c2ccccc2C)C1=O. The van der Waals surface area contributed by atoms with E-state index >= 15 is 0 Å². The molecule has 2 N–H and O–H groups in total. The maximum atomic E-state index is 12.9. The van der Waals surface area contributed by atoms with Gasteiger partial charge in [0.15, 0.2) is 5.92 Å². The van der Waals surface area contributed by atoms with Gasteiger partial charge < -0.3 is 9.64 Å². The molecule has 0 aliphatic carbocycles. The number of barbiturate groups is 1. The minimum Gasteiger partial charge on any atom is -0.370 e. The number of imide groups is 2. The molecule has 8 heteroatoms. The lowest BCUT2D eigenvalue weighted by molar-refractivity contribution is -0.906. The minimum absolute atomic E-state index is 0.427. The molecule has 2 heterocycles. The second kappa shape index (κ2) is 8.41. The molecule has 1 aromatic rings. The molecular formula is C19H25N4O4+. The molecule has 2 aliphatic heterocycles. The van der Waals surface area contributed by atoms with Crippen molar-refractivity contribution in [1.29, 1.82) is 0 Å². The van der Waals surface area contributed by atoms with Gasteiger partial charge in [-0.2, -0.15) is 0 Å². The van der Waals surface area contributed by atoms with E-state index in [2.05, 4.69) is 10.3 Å². The van der Waals surface area contributed by atoms with E-state index in [1.807, 2.05) is 19.1 Å². The fourth-order valence-corrected chi connectivity index (χ4v) is 3.38. The number of carbonyl (C=O) groups is 3. The Morgan fingerprint density at radius 1 is 1.26 bits per heavy atom. The Morgan fingerprint density at radius 3 is 2.67 bits per heavy atom. The molecule has 0 aromatic heterocycles. The van der Waals surface area contributed by atoms with Crippen LogP contribution in [0.3, 0.4) is 0 Å². The Balaban J connectivity index is 1.74. The lowest BCUT2D eigenvalue weighted by Gasteiger charge is -2.31. The zero-order valence-electron chi connectivity index (χ0n) is 15.7. The quantitative estimate of drug-likeness (QED) is 0.541. The summed E-state index contributed by atoms with van der Waals surface area (Å²) in [6.45, 7) is 8.19. The Hall–Kier alpha value is -2.58. The molecule has 144 valence electrons. The van der Waals surface area contributed by atoms with Crippen LogP contribution in [-0.2, 0) is 14.3 Å². The van der Waals surface area contributed by atoms with Crippen molar-refractivity contribution in [3.63, 3.8) is 0 Å². The van der Waals surface area contributed by atoms with Crippen LogP contribution in [0.15, 0.2) is 29.3 Å².